The van der Waals surface area contributed by atoms with E-state index in [1.165, 1.54) is 11.1 Å². The number of carbonyl (C=O) groups is 2. The van der Waals surface area contributed by atoms with Gasteiger partial charge in [0.25, 0.3) is 0 Å². The third-order valence-electron chi connectivity index (χ3n) is 3.65. The highest BCUT2D eigenvalue weighted by Crippen LogP contribution is 2.20. The molecule has 2 fully saturated rings. The van der Waals surface area contributed by atoms with Crippen molar-refractivity contribution in [1.29, 1.82) is 0 Å². The summed E-state index contributed by atoms with van der Waals surface area (Å²) in [4.78, 5) is 26.9. The van der Waals surface area contributed by atoms with Crippen LogP contribution in [0.5, 0.6) is 5.88 Å². The van der Waals surface area contributed by atoms with Crippen molar-refractivity contribution in [1.82, 2.24) is 22.9 Å². The monoisotopic (exact) mass is 361 g/mol. The third-order valence-corrected chi connectivity index (χ3v) is 5.25. The minimum atomic E-state index is -3.65. The van der Waals surface area contributed by atoms with Gasteiger partial charge in [-0.2, -0.15) is 4.37 Å². The predicted molar refractivity (Wildman–Crippen MR) is 79.6 cm³/mol. The Morgan fingerprint density at radius 1 is 1.39 bits per heavy atom. The molecule has 0 radical (unpaired) electrons. The maximum atomic E-state index is 12.4. The number of imide groups is 1. The number of sulfonamides is 1. The van der Waals surface area contributed by atoms with Gasteiger partial charge in [-0.25, -0.2) is 27.2 Å². The van der Waals surface area contributed by atoms with Gasteiger partial charge < -0.3 is 9.64 Å². The highest BCUT2D eigenvalue weighted by Gasteiger charge is 2.41. The standard InChI is InChI=1S/C11H15N5O5S2/c1-23(19,20)16-5-4-15(11(16)18)10(17)14-3-2-8(7-14)21-9-6-12-22-13-9/h6,8H,2-5,7H2,1H3. The summed E-state index contributed by atoms with van der Waals surface area (Å²) in [5.74, 6) is 0.412. The number of urea groups is 2. The Morgan fingerprint density at radius 2 is 2.17 bits per heavy atom. The van der Waals surface area contributed by atoms with Crippen LogP contribution in [0.2, 0.25) is 0 Å². The van der Waals surface area contributed by atoms with Crippen molar-refractivity contribution in [2.24, 2.45) is 0 Å². The molecule has 0 bridgehead atoms. The lowest BCUT2D eigenvalue weighted by molar-refractivity contribution is 0.159. The molecular weight excluding hydrogens is 346 g/mol. The lowest BCUT2D eigenvalue weighted by Crippen LogP contribution is -2.45. The topological polar surface area (TPSA) is 113 Å². The Kier molecular flexibility index (Phi) is 4.10. The number of rotatable bonds is 3. The molecule has 3 heterocycles. The van der Waals surface area contributed by atoms with Crippen molar-refractivity contribution in [2.75, 3.05) is 32.4 Å². The second-order valence-corrected chi connectivity index (χ2v) is 7.74. The molecule has 1 atom stereocenters. The van der Waals surface area contributed by atoms with Crippen molar-refractivity contribution < 1.29 is 22.7 Å². The summed E-state index contributed by atoms with van der Waals surface area (Å²) in [7, 11) is -3.65. The molecule has 0 spiro atoms. The Labute approximate surface area is 137 Å². The second kappa shape index (κ2) is 5.92. The van der Waals surface area contributed by atoms with E-state index in [0.29, 0.717) is 29.7 Å². The molecule has 23 heavy (non-hydrogen) atoms. The summed E-state index contributed by atoms with van der Waals surface area (Å²) < 4.78 is 37.0. The van der Waals surface area contributed by atoms with E-state index in [9.17, 15) is 18.0 Å². The average molecular weight is 361 g/mol. The molecule has 4 amide bonds. The minimum Gasteiger partial charge on any atom is -0.471 e. The first-order chi connectivity index (χ1) is 10.9. The van der Waals surface area contributed by atoms with Gasteiger partial charge in [0.05, 0.1) is 37.6 Å². The molecule has 12 heteroatoms. The molecule has 1 aromatic rings. The zero-order valence-electron chi connectivity index (χ0n) is 12.3. The van der Waals surface area contributed by atoms with E-state index in [-0.39, 0.29) is 19.2 Å². The first kappa shape index (κ1) is 15.9. The van der Waals surface area contributed by atoms with Crippen molar-refractivity contribution in [2.45, 2.75) is 12.5 Å². The van der Waals surface area contributed by atoms with Crippen LogP contribution in [-0.4, -0.2) is 81.9 Å². The first-order valence-corrected chi connectivity index (χ1v) is 9.46. The number of carbonyl (C=O) groups excluding carboxylic acids is 2. The SMILES string of the molecule is CS(=O)(=O)N1CCN(C(=O)N2CCC(Oc3cnsn3)C2)C1=O. The maximum Gasteiger partial charge on any atom is 0.341 e. The molecule has 2 aliphatic rings. The van der Waals surface area contributed by atoms with E-state index < -0.39 is 22.1 Å². The molecular formula is C11H15N5O5S2. The lowest BCUT2D eigenvalue weighted by Gasteiger charge is -2.22. The van der Waals surface area contributed by atoms with Crippen LogP contribution in [-0.2, 0) is 10.0 Å². The highest BCUT2D eigenvalue weighted by atomic mass is 32.2. The van der Waals surface area contributed by atoms with Gasteiger partial charge >= 0.3 is 12.1 Å². The van der Waals surface area contributed by atoms with E-state index >= 15 is 0 Å². The summed E-state index contributed by atoms with van der Waals surface area (Å²) in [6.45, 7) is 0.799. The number of hydrogen-bond donors (Lipinski definition) is 0. The van der Waals surface area contributed by atoms with Crippen LogP contribution >= 0.6 is 11.7 Å². The number of amides is 4. The number of nitrogens with zero attached hydrogens (tertiary/aromatic N) is 5. The second-order valence-electron chi connectivity index (χ2n) is 5.27. The molecule has 1 unspecified atom stereocenters. The Morgan fingerprint density at radius 3 is 2.78 bits per heavy atom. The first-order valence-electron chi connectivity index (χ1n) is 6.88. The quantitative estimate of drug-likeness (QED) is 0.733. The fourth-order valence-corrected chi connectivity index (χ4v) is 3.70. The van der Waals surface area contributed by atoms with Crippen LogP contribution in [0.3, 0.4) is 0 Å². The van der Waals surface area contributed by atoms with Gasteiger partial charge in [-0.1, -0.05) is 0 Å². The Balaban J connectivity index is 1.60. The summed E-state index contributed by atoms with van der Waals surface area (Å²) in [5, 5.41) is 0. The molecule has 0 saturated carbocycles. The van der Waals surface area contributed by atoms with Crippen LogP contribution in [0.4, 0.5) is 9.59 Å². The van der Waals surface area contributed by atoms with Gasteiger partial charge in [0.1, 0.15) is 12.3 Å². The van der Waals surface area contributed by atoms with Gasteiger partial charge in [-0.3, -0.25) is 0 Å². The Hall–Kier alpha value is -1.95. The van der Waals surface area contributed by atoms with Gasteiger partial charge in [0.15, 0.2) is 0 Å². The van der Waals surface area contributed by atoms with Crippen LogP contribution in [0.1, 0.15) is 6.42 Å². The zero-order valence-corrected chi connectivity index (χ0v) is 13.9. The molecule has 0 aliphatic carbocycles. The van der Waals surface area contributed by atoms with E-state index in [1.54, 1.807) is 0 Å². The number of ether oxygens (including phenoxy) is 1. The molecule has 0 aromatic carbocycles. The average Bonchev–Trinajstić information content (AvgIpc) is 3.18. The molecule has 2 aliphatic heterocycles. The Bertz CT molecular complexity index is 706. The van der Waals surface area contributed by atoms with Gasteiger partial charge in [-0.05, 0) is 0 Å². The smallest absolute Gasteiger partial charge is 0.341 e. The number of aromatic nitrogens is 2. The minimum absolute atomic E-state index is 0.0122. The summed E-state index contributed by atoms with van der Waals surface area (Å²) in [5.41, 5.74) is 0. The van der Waals surface area contributed by atoms with E-state index in [2.05, 4.69) is 8.75 Å². The summed E-state index contributed by atoms with van der Waals surface area (Å²) in [6, 6.07) is -1.30. The van der Waals surface area contributed by atoms with Crippen LogP contribution in [0.25, 0.3) is 0 Å². The molecule has 1 aromatic heterocycles. The van der Waals surface area contributed by atoms with Gasteiger partial charge in [-0.15, -0.1) is 4.37 Å². The summed E-state index contributed by atoms with van der Waals surface area (Å²) in [6.07, 6.45) is 2.84. The molecule has 3 rings (SSSR count). The molecule has 0 N–H and O–H groups in total. The largest absolute Gasteiger partial charge is 0.471 e. The normalized spacial score (nSPS) is 22.0. The van der Waals surface area contributed by atoms with E-state index in [4.69, 9.17) is 4.74 Å². The van der Waals surface area contributed by atoms with Crippen LogP contribution < -0.4 is 4.74 Å². The predicted octanol–water partition coefficient (Wildman–Crippen LogP) is -0.192. The number of hydrogen-bond acceptors (Lipinski definition) is 8. The van der Waals surface area contributed by atoms with Gasteiger partial charge in [0.2, 0.25) is 15.9 Å². The van der Waals surface area contributed by atoms with E-state index in [1.807, 2.05) is 0 Å². The molecule has 2 saturated heterocycles. The lowest BCUT2D eigenvalue weighted by atomic mass is 10.3. The van der Waals surface area contributed by atoms with Crippen molar-refractivity contribution >= 4 is 33.8 Å². The van der Waals surface area contributed by atoms with Crippen molar-refractivity contribution in [3.05, 3.63) is 6.20 Å². The molecule has 126 valence electrons. The van der Waals surface area contributed by atoms with Crippen molar-refractivity contribution in [3.63, 3.8) is 0 Å². The fourth-order valence-electron chi connectivity index (χ4n) is 2.55. The highest BCUT2D eigenvalue weighted by molar-refractivity contribution is 7.88. The van der Waals surface area contributed by atoms with Crippen LogP contribution in [0.15, 0.2) is 6.20 Å². The zero-order chi connectivity index (χ0) is 16.6. The molecule has 10 nitrogen and oxygen atoms in total. The fraction of sp³-hybridized carbons (Fsp3) is 0.636. The van der Waals surface area contributed by atoms with Crippen LogP contribution in [0, 0.1) is 0 Å². The number of likely N-dealkylation sites (tertiary alicyclic amines) is 1. The summed E-state index contributed by atoms with van der Waals surface area (Å²) >= 11 is 1.03. The van der Waals surface area contributed by atoms with Crippen molar-refractivity contribution in [3.8, 4) is 5.88 Å². The third kappa shape index (κ3) is 3.22. The van der Waals surface area contributed by atoms with E-state index in [0.717, 1.165) is 22.9 Å². The maximum absolute atomic E-state index is 12.4. The van der Waals surface area contributed by atoms with Gasteiger partial charge in [0, 0.05) is 13.0 Å².